The summed E-state index contributed by atoms with van der Waals surface area (Å²) in [5, 5.41) is 3.34. The van der Waals surface area contributed by atoms with E-state index in [2.05, 4.69) is 10.2 Å². The van der Waals surface area contributed by atoms with Crippen LogP contribution in [-0.2, 0) is 21.2 Å². The Morgan fingerprint density at radius 1 is 1.16 bits per heavy atom. The molecule has 0 amide bonds. The normalized spacial score (nSPS) is 22.7. The minimum Gasteiger partial charge on any atom is -0.384 e. The number of piperazine rings is 1. The number of sulfonamides is 1. The zero-order chi connectivity index (χ0) is 17.0. The fraction of sp³-hybridized carbons (Fsp3) is 0.647. The van der Waals surface area contributed by atoms with Crippen LogP contribution in [0.2, 0.25) is 0 Å². The van der Waals surface area contributed by atoms with Gasteiger partial charge in [0.2, 0.25) is 10.0 Å². The fourth-order valence-corrected chi connectivity index (χ4v) is 4.96. The molecular weight excluding hydrogens is 362 g/mol. The van der Waals surface area contributed by atoms with Gasteiger partial charge in [-0.1, -0.05) is 12.1 Å². The van der Waals surface area contributed by atoms with Crippen molar-refractivity contribution in [2.45, 2.75) is 23.8 Å². The van der Waals surface area contributed by atoms with Crippen molar-refractivity contribution in [3.05, 3.63) is 29.8 Å². The van der Waals surface area contributed by atoms with Crippen molar-refractivity contribution in [1.29, 1.82) is 0 Å². The van der Waals surface area contributed by atoms with Gasteiger partial charge in [-0.2, -0.15) is 4.31 Å². The average molecular weight is 390 g/mol. The zero-order valence-electron chi connectivity index (χ0n) is 14.7. The van der Waals surface area contributed by atoms with Crippen LogP contribution in [0.25, 0.3) is 0 Å². The number of methoxy groups -OCH3 is 1. The smallest absolute Gasteiger partial charge is 0.243 e. The van der Waals surface area contributed by atoms with Crippen LogP contribution in [0, 0.1) is 0 Å². The molecule has 0 aromatic heterocycles. The molecule has 142 valence electrons. The number of hydrogen-bond acceptors (Lipinski definition) is 5. The molecule has 1 aromatic rings. The number of halogens is 1. The highest BCUT2D eigenvalue weighted by Crippen LogP contribution is 2.24. The van der Waals surface area contributed by atoms with Crippen LogP contribution in [0.15, 0.2) is 29.2 Å². The van der Waals surface area contributed by atoms with E-state index in [1.165, 1.54) is 0 Å². The van der Waals surface area contributed by atoms with Crippen LogP contribution < -0.4 is 5.32 Å². The highest BCUT2D eigenvalue weighted by Gasteiger charge is 2.35. The third-order valence-electron chi connectivity index (χ3n) is 4.95. The number of ether oxygens (including phenoxy) is 1. The van der Waals surface area contributed by atoms with Crippen molar-refractivity contribution >= 4 is 22.4 Å². The minimum atomic E-state index is -3.39. The highest BCUT2D eigenvalue weighted by atomic mass is 35.5. The Morgan fingerprint density at radius 3 is 2.48 bits per heavy atom. The monoisotopic (exact) mass is 389 g/mol. The lowest BCUT2D eigenvalue weighted by molar-refractivity contribution is 0.179. The molecule has 2 fully saturated rings. The van der Waals surface area contributed by atoms with Crippen molar-refractivity contribution < 1.29 is 13.2 Å². The van der Waals surface area contributed by atoms with Crippen LogP contribution in [-0.4, -0.2) is 76.6 Å². The lowest BCUT2D eigenvalue weighted by atomic mass is 10.2. The Hall–Kier alpha value is -0.700. The molecule has 6 nitrogen and oxygen atoms in total. The Kier molecular flexibility index (Phi) is 7.67. The van der Waals surface area contributed by atoms with Gasteiger partial charge in [0.05, 0.1) is 11.5 Å². The van der Waals surface area contributed by atoms with Gasteiger partial charge in [0.1, 0.15) is 0 Å². The van der Waals surface area contributed by atoms with Gasteiger partial charge in [-0.25, -0.2) is 8.42 Å². The molecule has 0 aliphatic carbocycles. The molecule has 0 bridgehead atoms. The summed E-state index contributed by atoms with van der Waals surface area (Å²) >= 11 is 0. The first-order valence-electron chi connectivity index (χ1n) is 8.64. The second-order valence-corrected chi connectivity index (χ2v) is 8.42. The topological polar surface area (TPSA) is 61.9 Å². The maximum absolute atomic E-state index is 12.9. The summed E-state index contributed by atoms with van der Waals surface area (Å²) in [7, 11) is -1.72. The molecule has 3 rings (SSSR count). The van der Waals surface area contributed by atoms with Crippen LogP contribution in [0.4, 0.5) is 0 Å². The Bertz CT molecular complexity index is 633. The van der Waals surface area contributed by atoms with Crippen molar-refractivity contribution in [1.82, 2.24) is 14.5 Å². The largest absolute Gasteiger partial charge is 0.384 e. The first kappa shape index (κ1) is 20.6. The predicted molar refractivity (Wildman–Crippen MR) is 101 cm³/mol. The molecule has 2 heterocycles. The van der Waals surface area contributed by atoms with Gasteiger partial charge in [0, 0.05) is 52.4 Å². The van der Waals surface area contributed by atoms with Crippen molar-refractivity contribution in [2.24, 2.45) is 0 Å². The van der Waals surface area contributed by atoms with E-state index in [1.807, 2.05) is 12.1 Å². The Balaban J connectivity index is 0.00000225. The lowest BCUT2D eigenvalue weighted by Crippen LogP contribution is -2.49. The van der Waals surface area contributed by atoms with Crippen molar-refractivity contribution in [2.75, 3.05) is 53.0 Å². The molecule has 0 spiro atoms. The first-order chi connectivity index (χ1) is 11.6. The summed E-state index contributed by atoms with van der Waals surface area (Å²) < 4.78 is 32.4. The minimum absolute atomic E-state index is 0. The highest BCUT2D eigenvalue weighted by molar-refractivity contribution is 7.89. The summed E-state index contributed by atoms with van der Waals surface area (Å²) in [4.78, 5) is 2.81. The molecule has 8 heteroatoms. The Labute approximate surface area is 157 Å². The van der Waals surface area contributed by atoms with E-state index < -0.39 is 10.0 Å². The van der Waals surface area contributed by atoms with Gasteiger partial charge in [-0.15, -0.1) is 12.4 Å². The zero-order valence-corrected chi connectivity index (χ0v) is 16.3. The summed E-state index contributed by atoms with van der Waals surface area (Å²) in [6, 6.07) is 7.56. The standard InChI is InChI=1S/C17H27N3O3S.ClH/c1-23-13-7-15-2-4-17(5-3-15)24(21,22)20-10-6-16(14-20)19-11-8-18-9-12-19;/h2-5,16,18H,6-14H2,1H3;1H. The summed E-state index contributed by atoms with van der Waals surface area (Å²) in [6.07, 6.45) is 1.72. The van der Waals surface area contributed by atoms with Crippen LogP contribution >= 0.6 is 12.4 Å². The van der Waals surface area contributed by atoms with Gasteiger partial charge >= 0.3 is 0 Å². The number of benzene rings is 1. The molecule has 2 saturated heterocycles. The SMILES string of the molecule is COCCc1ccc(S(=O)(=O)N2CCC(N3CCNCC3)C2)cc1.Cl. The third kappa shape index (κ3) is 4.93. The molecular formula is C17H28ClN3O3S. The maximum atomic E-state index is 12.9. The van der Waals surface area contributed by atoms with Crippen LogP contribution in [0.5, 0.6) is 0 Å². The van der Waals surface area contributed by atoms with E-state index in [-0.39, 0.29) is 12.4 Å². The third-order valence-corrected chi connectivity index (χ3v) is 6.83. The molecule has 25 heavy (non-hydrogen) atoms. The first-order valence-corrected chi connectivity index (χ1v) is 10.1. The molecule has 2 aliphatic heterocycles. The molecule has 1 aromatic carbocycles. The van der Waals surface area contributed by atoms with Gasteiger partial charge in [0.25, 0.3) is 0 Å². The van der Waals surface area contributed by atoms with Crippen LogP contribution in [0.1, 0.15) is 12.0 Å². The maximum Gasteiger partial charge on any atom is 0.243 e. The van der Waals surface area contributed by atoms with E-state index in [1.54, 1.807) is 23.5 Å². The molecule has 1 N–H and O–H groups in total. The summed E-state index contributed by atoms with van der Waals surface area (Å²) in [5.41, 5.74) is 1.09. The van der Waals surface area contributed by atoms with Crippen LogP contribution in [0.3, 0.4) is 0 Å². The Morgan fingerprint density at radius 2 is 1.84 bits per heavy atom. The summed E-state index contributed by atoms with van der Waals surface area (Å²) in [6.45, 7) is 5.86. The molecule has 2 aliphatic rings. The van der Waals surface area contributed by atoms with E-state index in [0.717, 1.165) is 44.6 Å². The van der Waals surface area contributed by atoms with Crippen molar-refractivity contribution in [3.63, 3.8) is 0 Å². The molecule has 0 radical (unpaired) electrons. The summed E-state index contributed by atoms with van der Waals surface area (Å²) in [5.74, 6) is 0. The average Bonchev–Trinajstić information content (AvgIpc) is 3.12. The van der Waals surface area contributed by atoms with Gasteiger partial charge < -0.3 is 10.1 Å². The molecule has 0 saturated carbocycles. The van der Waals surface area contributed by atoms with E-state index in [0.29, 0.717) is 30.6 Å². The number of nitrogens with zero attached hydrogens (tertiary/aromatic N) is 2. The predicted octanol–water partition coefficient (Wildman–Crippen LogP) is 0.966. The number of rotatable bonds is 6. The van der Waals surface area contributed by atoms with E-state index in [4.69, 9.17) is 4.74 Å². The van der Waals surface area contributed by atoms with E-state index in [9.17, 15) is 8.42 Å². The van der Waals surface area contributed by atoms with Crippen molar-refractivity contribution in [3.8, 4) is 0 Å². The molecule has 1 atom stereocenters. The van der Waals surface area contributed by atoms with Gasteiger partial charge in [-0.05, 0) is 30.5 Å². The number of hydrogen-bond donors (Lipinski definition) is 1. The molecule has 1 unspecified atom stereocenters. The number of nitrogens with one attached hydrogen (secondary N) is 1. The van der Waals surface area contributed by atoms with Gasteiger partial charge in [-0.3, -0.25) is 4.90 Å². The lowest BCUT2D eigenvalue weighted by Gasteiger charge is -2.32. The second kappa shape index (κ2) is 9.30. The van der Waals surface area contributed by atoms with Gasteiger partial charge in [0.15, 0.2) is 0 Å². The second-order valence-electron chi connectivity index (χ2n) is 6.48. The fourth-order valence-electron chi connectivity index (χ4n) is 3.47. The van der Waals surface area contributed by atoms with E-state index >= 15 is 0 Å². The quantitative estimate of drug-likeness (QED) is 0.785.